The number of carbonyl (C=O) groups is 1. The molecule has 1 saturated carbocycles. The molecule has 29 heavy (non-hydrogen) atoms. The maximum Gasteiger partial charge on any atom is 0.250 e. The summed E-state index contributed by atoms with van der Waals surface area (Å²) < 4.78 is 1.79. The maximum absolute atomic E-state index is 13.3. The summed E-state index contributed by atoms with van der Waals surface area (Å²) in [6.07, 6.45) is 5.53. The molecule has 1 aliphatic carbocycles. The van der Waals surface area contributed by atoms with Gasteiger partial charge in [0, 0.05) is 49.6 Å². The molecule has 4 heterocycles. The minimum absolute atomic E-state index is 0.00648. The quantitative estimate of drug-likeness (QED) is 0.731. The van der Waals surface area contributed by atoms with Crippen molar-refractivity contribution < 1.29 is 9.90 Å². The minimum Gasteiger partial charge on any atom is -0.396 e. The smallest absolute Gasteiger partial charge is 0.250 e. The van der Waals surface area contributed by atoms with Crippen LogP contribution in [0.3, 0.4) is 0 Å². The Morgan fingerprint density at radius 1 is 1.28 bits per heavy atom. The van der Waals surface area contributed by atoms with Crippen molar-refractivity contribution in [3.63, 3.8) is 0 Å². The predicted octanol–water partition coefficient (Wildman–Crippen LogP) is 0.328. The summed E-state index contributed by atoms with van der Waals surface area (Å²) in [6, 6.07) is 6.86. The normalized spacial score (nSPS) is 28.2. The number of nitrogens with zero attached hydrogens (tertiary/aromatic N) is 4. The van der Waals surface area contributed by atoms with Crippen LogP contribution in [-0.2, 0) is 17.9 Å². The lowest BCUT2D eigenvalue weighted by atomic mass is 9.86. The molecule has 2 N–H and O–H groups in total. The first kappa shape index (κ1) is 18.4. The van der Waals surface area contributed by atoms with E-state index in [1.807, 2.05) is 6.07 Å². The summed E-state index contributed by atoms with van der Waals surface area (Å²) in [5, 5.41) is 13.2. The maximum atomic E-state index is 13.3. The summed E-state index contributed by atoms with van der Waals surface area (Å²) in [7, 11) is 0. The molecule has 2 bridgehead atoms. The number of aromatic nitrogens is 3. The molecule has 2 fully saturated rings. The van der Waals surface area contributed by atoms with Crippen LogP contribution in [0.2, 0.25) is 0 Å². The zero-order chi connectivity index (χ0) is 20.0. The molecule has 4 atom stereocenters. The Morgan fingerprint density at radius 2 is 2.14 bits per heavy atom. The Kier molecular flexibility index (Phi) is 4.67. The van der Waals surface area contributed by atoms with E-state index in [-0.39, 0.29) is 36.1 Å². The highest BCUT2D eigenvalue weighted by Gasteiger charge is 2.56. The van der Waals surface area contributed by atoms with Crippen molar-refractivity contribution in [1.29, 1.82) is 0 Å². The van der Waals surface area contributed by atoms with Crippen LogP contribution in [-0.4, -0.2) is 49.6 Å². The van der Waals surface area contributed by atoms with Crippen LogP contribution in [0.25, 0.3) is 0 Å². The summed E-state index contributed by atoms with van der Waals surface area (Å²) in [4.78, 5) is 36.2. The Morgan fingerprint density at radius 3 is 2.86 bits per heavy atom. The summed E-state index contributed by atoms with van der Waals surface area (Å²) in [5.74, 6) is -0.0468. The zero-order valence-corrected chi connectivity index (χ0v) is 16.1. The largest absolute Gasteiger partial charge is 0.396 e. The molecular formula is C21H25N5O3. The molecular weight excluding hydrogens is 370 g/mol. The van der Waals surface area contributed by atoms with Gasteiger partial charge in [-0.15, -0.1) is 0 Å². The van der Waals surface area contributed by atoms with Gasteiger partial charge in [-0.2, -0.15) is 0 Å². The van der Waals surface area contributed by atoms with Crippen LogP contribution in [0.5, 0.6) is 0 Å². The summed E-state index contributed by atoms with van der Waals surface area (Å²) >= 11 is 0. The molecule has 8 heteroatoms. The van der Waals surface area contributed by atoms with Gasteiger partial charge >= 0.3 is 0 Å². The van der Waals surface area contributed by atoms with Crippen molar-refractivity contribution in [2.24, 2.45) is 17.8 Å². The van der Waals surface area contributed by atoms with Gasteiger partial charge in [-0.25, -0.2) is 9.97 Å². The monoisotopic (exact) mass is 395 g/mol. The lowest BCUT2D eigenvalue weighted by Gasteiger charge is -2.38. The number of fused-ring (bicyclic) bond motifs is 4. The van der Waals surface area contributed by atoms with E-state index < -0.39 is 5.92 Å². The standard InChI is InChI=1S/C21H25N5O3/c27-11-15-17-10-25-16(2-1-3-18(25)28)20(26(17)9-13-4-5-13)19(15)21(29)23-8-14-6-7-22-12-24-14/h1-3,6-7,12-13,15,17,19-20,27H,4-5,8-11H2,(H,23,29)/t15-,17-,19+,20+/m0/s1. The highest BCUT2D eigenvalue weighted by atomic mass is 16.3. The van der Waals surface area contributed by atoms with Gasteiger partial charge in [0.25, 0.3) is 5.56 Å². The van der Waals surface area contributed by atoms with Crippen LogP contribution in [0.4, 0.5) is 0 Å². The van der Waals surface area contributed by atoms with E-state index in [2.05, 4.69) is 20.2 Å². The zero-order valence-electron chi connectivity index (χ0n) is 16.1. The minimum atomic E-state index is -0.402. The van der Waals surface area contributed by atoms with E-state index >= 15 is 0 Å². The van der Waals surface area contributed by atoms with E-state index in [4.69, 9.17) is 0 Å². The van der Waals surface area contributed by atoms with E-state index in [1.165, 1.54) is 19.2 Å². The van der Waals surface area contributed by atoms with Gasteiger partial charge in [-0.05, 0) is 30.9 Å². The first-order valence-corrected chi connectivity index (χ1v) is 10.3. The van der Waals surface area contributed by atoms with Crippen LogP contribution in [0.1, 0.15) is 30.3 Å². The highest BCUT2D eigenvalue weighted by molar-refractivity contribution is 5.80. The number of aliphatic hydroxyl groups excluding tert-OH is 1. The Balaban J connectivity index is 1.47. The third-order valence-electron chi connectivity index (χ3n) is 6.60. The number of rotatable bonds is 6. The van der Waals surface area contributed by atoms with Crippen molar-refractivity contribution in [2.45, 2.75) is 38.0 Å². The molecule has 0 spiro atoms. The van der Waals surface area contributed by atoms with Crippen LogP contribution in [0, 0.1) is 17.8 Å². The third-order valence-corrected chi connectivity index (χ3v) is 6.60. The fourth-order valence-corrected chi connectivity index (χ4v) is 5.04. The van der Waals surface area contributed by atoms with Gasteiger partial charge in [0.1, 0.15) is 6.33 Å². The molecule has 0 radical (unpaired) electrons. The van der Waals surface area contributed by atoms with Crippen LogP contribution >= 0.6 is 0 Å². The molecule has 5 rings (SSSR count). The van der Waals surface area contributed by atoms with Crippen molar-refractivity contribution in [1.82, 2.24) is 24.8 Å². The highest BCUT2D eigenvalue weighted by Crippen LogP contribution is 2.49. The molecule has 2 aliphatic heterocycles. The van der Waals surface area contributed by atoms with Gasteiger partial charge in [0.2, 0.25) is 5.91 Å². The van der Waals surface area contributed by atoms with Crippen molar-refractivity contribution in [3.8, 4) is 0 Å². The lowest BCUT2D eigenvalue weighted by molar-refractivity contribution is -0.127. The molecule has 152 valence electrons. The number of aliphatic hydroxyl groups is 1. The van der Waals surface area contributed by atoms with Crippen molar-refractivity contribution in [2.75, 3.05) is 13.2 Å². The average molecular weight is 395 g/mol. The van der Waals surface area contributed by atoms with E-state index in [1.54, 1.807) is 29.0 Å². The van der Waals surface area contributed by atoms with Crippen molar-refractivity contribution in [3.05, 3.63) is 58.5 Å². The molecule has 0 unspecified atom stereocenters. The first-order chi connectivity index (χ1) is 14.2. The van der Waals surface area contributed by atoms with E-state index in [0.29, 0.717) is 19.0 Å². The Labute approximate surface area is 168 Å². The topological polar surface area (TPSA) is 100 Å². The number of pyridine rings is 1. The fraction of sp³-hybridized carbons (Fsp3) is 0.524. The van der Waals surface area contributed by atoms with Gasteiger partial charge in [-0.1, -0.05) is 6.07 Å². The Bertz CT molecular complexity index is 958. The first-order valence-electron chi connectivity index (χ1n) is 10.3. The molecule has 8 nitrogen and oxygen atoms in total. The average Bonchev–Trinajstić information content (AvgIpc) is 3.52. The van der Waals surface area contributed by atoms with Gasteiger partial charge < -0.3 is 15.0 Å². The predicted molar refractivity (Wildman–Crippen MR) is 105 cm³/mol. The van der Waals surface area contributed by atoms with Crippen molar-refractivity contribution >= 4 is 5.91 Å². The van der Waals surface area contributed by atoms with E-state index in [0.717, 1.165) is 17.9 Å². The number of amides is 1. The molecule has 0 aromatic carbocycles. The van der Waals surface area contributed by atoms with Gasteiger partial charge in [-0.3, -0.25) is 14.5 Å². The second-order valence-corrected chi connectivity index (χ2v) is 8.34. The van der Waals surface area contributed by atoms with Crippen LogP contribution in [0.15, 0.2) is 41.6 Å². The number of hydrogen-bond donors (Lipinski definition) is 2. The second kappa shape index (κ2) is 7.35. The molecule has 2 aromatic heterocycles. The summed E-state index contributed by atoms with van der Waals surface area (Å²) in [5.41, 5.74) is 1.58. The molecule has 2 aromatic rings. The SMILES string of the molecule is O=C(NCc1ccncn1)[C@@H]1[C@@H](CO)[C@@H]2Cn3c(cccc3=O)[C@H]1N2CC1CC1. The fourth-order valence-electron chi connectivity index (χ4n) is 5.04. The van der Waals surface area contributed by atoms with Crippen LogP contribution < -0.4 is 10.9 Å². The lowest BCUT2D eigenvalue weighted by Crippen LogP contribution is -2.47. The number of nitrogens with one attached hydrogen (secondary N) is 1. The Hall–Kier alpha value is -2.58. The molecule has 1 amide bonds. The molecule has 3 aliphatic rings. The van der Waals surface area contributed by atoms with Gasteiger partial charge in [0.15, 0.2) is 0 Å². The third kappa shape index (κ3) is 3.26. The second-order valence-electron chi connectivity index (χ2n) is 8.34. The summed E-state index contributed by atoms with van der Waals surface area (Å²) in [6.45, 7) is 1.69. The number of carbonyl (C=O) groups excluding carboxylic acids is 1. The van der Waals surface area contributed by atoms with E-state index in [9.17, 15) is 14.7 Å². The molecule has 1 saturated heterocycles. The number of hydrogen-bond acceptors (Lipinski definition) is 6. The van der Waals surface area contributed by atoms with Gasteiger partial charge in [0.05, 0.1) is 24.2 Å².